The number of hydrogen-bond donors (Lipinski definition) is 2. The first-order valence-electron chi connectivity index (χ1n) is 10.8. The number of aromatic hydroxyl groups is 1. The Hall–Kier alpha value is -1.85. The third-order valence-corrected chi connectivity index (χ3v) is 7.35. The van der Waals surface area contributed by atoms with Crippen LogP contribution in [0.3, 0.4) is 0 Å². The Balaban J connectivity index is 1.45. The van der Waals surface area contributed by atoms with Crippen molar-refractivity contribution in [2.45, 2.75) is 51.7 Å². The Labute approximate surface area is 173 Å². The van der Waals surface area contributed by atoms with Crippen molar-refractivity contribution in [3.05, 3.63) is 41.5 Å². The van der Waals surface area contributed by atoms with E-state index in [1.807, 2.05) is 11.9 Å². The first-order chi connectivity index (χ1) is 13.8. The molecule has 2 fully saturated rings. The van der Waals surface area contributed by atoms with Gasteiger partial charge in [0, 0.05) is 19.0 Å². The predicted octanol–water partition coefficient (Wildman–Crippen LogP) is 3.67. The summed E-state index contributed by atoms with van der Waals surface area (Å²) in [4.78, 5) is 14.7. The standard InChI is InChI=1S/C24H33NO4/c1-15-5-4-10-24(2)12-22-18(11-20(15)24)19(23(28)29-22)13-25(3)14-21(27)16-6-8-17(26)9-7-16/h6-9,11,15,18-19,21-22,26-27H,4-5,10,12-14H2,1-3H3. The van der Waals surface area contributed by atoms with Crippen molar-refractivity contribution in [2.24, 2.45) is 23.2 Å². The molecular formula is C24H33NO4. The third kappa shape index (κ3) is 3.95. The number of carbonyl (C=O) groups excluding carboxylic acids is 1. The molecule has 1 saturated carbocycles. The molecule has 3 aliphatic rings. The fourth-order valence-corrected chi connectivity index (χ4v) is 5.77. The molecule has 4 rings (SSSR count). The highest BCUT2D eigenvalue weighted by Crippen LogP contribution is 2.53. The molecule has 0 aromatic heterocycles. The van der Waals surface area contributed by atoms with Crippen LogP contribution in [-0.4, -0.2) is 47.3 Å². The highest BCUT2D eigenvalue weighted by Gasteiger charge is 2.51. The summed E-state index contributed by atoms with van der Waals surface area (Å²) in [6.07, 6.45) is 6.31. The van der Waals surface area contributed by atoms with E-state index in [4.69, 9.17) is 4.74 Å². The summed E-state index contributed by atoms with van der Waals surface area (Å²) in [6, 6.07) is 6.61. The molecule has 6 atom stereocenters. The molecule has 158 valence electrons. The summed E-state index contributed by atoms with van der Waals surface area (Å²) in [5.74, 6) is 0.628. The number of aliphatic hydroxyl groups is 1. The monoisotopic (exact) mass is 399 g/mol. The summed E-state index contributed by atoms with van der Waals surface area (Å²) in [5, 5.41) is 19.9. The zero-order valence-electron chi connectivity index (χ0n) is 17.7. The molecule has 0 amide bonds. The zero-order valence-corrected chi connectivity index (χ0v) is 17.7. The number of ether oxygens (including phenoxy) is 1. The minimum absolute atomic E-state index is 0.0121. The van der Waals surface area contributed by atoms with E-state index in [1.165, 1.54) is 24.8 Å². The van der Waals surface area contributed by atoms with Gasteiger partial charge >= 0.3 is 5.97 Å². The second kappa shape index (κ2) is 7.77. The average Bonchev–Trinajstić information content (AvgIpc) is 2.94. The van der Waals surface area contributed by atoms with Crippen LogP contribution in [0.15, 0.2) is 35.9 Å². The predicted molar refractivity (Wildman–Crippen MR) is 111 cm³/mol. The smallest absolute Gasteiger partial charge is 0.311 e. The number of nitrogens with zero attached hydrogens (tertiary/aromatic N) is 1. The number of aliphatic hydroxyl groups excluding tert-OH is 1. The number of likely N-dealkylation sites (N-methyl/N-ethyl adjacent to an activating group) is 1. The maximum Gasteiger partial charge on any atom is 0.311 e. The van der Waals surface area contributed by atoms with Gasteiger partial charge in [-0.2, -0.15) is 0 Å². The van der Waals surface area contributed by atoms with Gasteiger partial charge in [0.05, 0.1) is 12.0 Å². The molecule has 1 aromatic rings. The lowest BCUT2D eigenvalue weighted by atomic mass is 9.59. The van der Waals surface area contributed by atoms with Gasteiger partial charge in [0.2, 0.25) is 0 Å². The molecule has 1 saturated heterocycles. The van der Waals surface area contributed by atoms with Gasteiger partial charge in [-0.3, -0.25) is 4.79 Å². The number of allylic oxidation sites excluding steroid dienone is 1. The molecule has 5 nitrogen and oxygen atoms in total. The zero-order chi connectivity index (χ0) is 20.8. The van der Waals surface area contributed by atoms with E-state index in [2.05, 4.69) is 19.9 Å². The van der Waals surface area contributed by atoms with E-state index in [0.29, 0.717) is 19.0 Å². The fraction of sp³-hybridized carbons (Fsp3) is 0.625. The molecular weight excluding hydrogens is 366 g/mol. The lowest BCUT2D eigenvalue weighted by Gasteiger charge is -2.46. The molecule has 29 heavy (non-hydrogen) atoms. The van der Waals surface area contributed by atoms with Crippen molar-refractivity contribution in [1.29, 1.82) is 0 Å². The van der Waals surface area contributed by atoms with E-state index < -0.39 is 6.10 Å². The normalized spacial score (nSPS) is 34.9. The molecule has 1 heterocycles. The summed E-state index contributed by atoms with van der Waals surface area (Å²) in [6.45, 7) is 5.66. The van der Waals surface area contributed by atoms with E-state index in [-0.39, 0.29) is 35.1 Å². The number of esters is 1. The fourth-order valence-electron chi connectivity index (χ4n) is 5.77. The minimum atomic E-state index is -0.666. The highest BCUT2D eigenvalue weighted by molar-refractivity contribution is 5.76. The number of carbonyl (C=O) groups is 1. The van der Waals surface area contributed by atoms with Gasteiger partial charge in [0.15, 0.2) is 0 Å². The Bertz CT molecular complexity index is 789. The Morgan fingerprint density at radius 1 is 1.31 bits per heavy atom. The first-order valence-corrected chi connectivity index (χ1v) is 10.8. The highest BCUT2D eigenvalue weighted by atomic mass is 16.6. The van der Waals surface area contributed by atoms with E-state index in [9.17, 15) is 15.0 Å². The Morgan fingerprint density at radius 3 is 2.76 bits per heavy atom. The van der Waals surface area contributed by atoms with Gasteiger partial charge < -0.3 is 19.8 Å². The SMILES string of the molecule is CC1CCCC2(C)CC3OC(=O)C(CN(C)CC(O)c4ccc(O)cc4)C3C=C12. The lowest BCUT2D eigenvalue weighted by molar-refractivity contribution is -0.145. The van der Waals surface area contributed by atoms with Gasteiger partial charge in [-0.1, -0.05) is 44.1 Å². The summed E-state index contributed by atoms with van der Waals surface area (Å²) in [5.41, 5.74) is 2.46. The quantitative estimate of drug-likeness (QED) is 0.584. The van der Waals surface area contributed by atoms with Gasteiger partial charge in [0.1, 0.15) is 11.9 Å². The molecule has 2 N–H and O–H groups in total. The second-order valence-corrected chi connectivity index (χ2v) is 9.67. The number of benzene rings is 1. The van der Waals surface area contributed by atoms with Crippen LogP contribution in [0.5, 0.6) is 5.75 Å². The molecule has 0 radical (unpaired) electrons. The Morgan fingerprint density at radius 2 is 2.03 bits per heavy atom. The number of phenolic OH excluding ortho intramolecular Hbond substituents is 1. The number of hydrogen-bond acceptors (Lipinski definition) is 5. The van der Waals surface area contributed by atoms with Crippen LogP contribution in [0, 0.1) is 23.2 Å². The maximum atomic E-state index is 12.7. The number of fused-ring (bicyclic) bond motifs is 2. The number of rotatable bonds is 5. The van der Waals surface area contributed by atoms with Crippen LogP contribution >= 0.6 is 0 Å². The molecule has 2 aliphatic carbocycles. The topological polar surface area (TPSA) is 70.0 Å². The molecule has 6 unspecified atom stereocenters. The molecule has 1 aliphatic heterocycles. The first kappa shape index (κ1) is 20.4. The van der Waals surface area contributed by atoms with Crippen molar-refractivity contribution >= 4 is 5.97 Å². The van der Waals surface area contributed by atoms with Crippen LogP contribution < -0.4 is 0 Å². The van der Waals surface area contributed by atoms with Crippen molar-refractivity contribution in [3.8, 4) is 5.75 Å². The van der Waals surface area contributed by atoms with Crippen molar-refractivity contribution < 1.29 is 19.7 Å². The van der Waals surface area contributed by atoms with Gasteiger partial charge in [-0.05, 0) is 55.3 Å². The summed E-state index contributed by atoms with van der Waals surface area (Å²) >= 11 is 0. The van der Waals surface area contributed by atoms with Crippen LogP contribution in [0.2, 0.25) is 0 Å². The molecule has 0 bridgehead atoms. The minimum Gasteiger partial charge on any atom is -0.508 e. The lowest BCUT2D eigenvalue weighted by Crippen LogP contribution is -2.40. The van der Waals surface area contributed by atoms with E-state index in [1.54, 1.807) is 24.3 Å². The maximum absolute atomic E-state index is 12.7. The van der Waals surface area contributed by atoms with Crippen molar-refractivity contribution in [1.82, 2.24) is 4.90 Å². The summed E-state index contributed by atoms with van der Waals surface area (Å²) < 4.78 is 5.83. The van der Waals surface area contributed by atoms with Gasteiger partial charge in [-0.15, -0.1) is 0 Å². The van der Waals surface area contributed by atoms with Gasteiger partial charge in [0.25, 0.3) is 0 Å². The average molecular weight is 400 g/mol. The van der Waals surface area contributed by atoms with Crippen molar-refractivity contribution in [2.75, 3.05) is 20.1 Å². The molecule has 5 heteroatoms. The molecule has 1 aromatic carbocycles. The summed E-state index contributed by atoms with van der Waals surface area (Å²) in [7, 11) is 1.94. The third-order valence-electron chi connectivity index (χ3n) is 7.35. The van der Waals surface area contributed by atoms with E-state index in [0.717, 1.165) is 12.0 Å². The van der Waals surface area contributed by atoms with Crippen LogP contribution in [0.1, 0.15) is 51.2 Å². The van der Waals surface area contributed by atoms with Crippen LogP contribution in [0.4, 0.5) is 0 Å². The molecule has 0 spiro atoms. The number of phenols is 1. The second-order valence-electron chi connectivity index (χ2n) is 9.67. The Kier molecular flexibility index (Phi) is 5.47. The van der Waals surface area contributed by atoms with E-state index >= 15 is 0 Å². The van der Waals surface area contributed by atoms with Crippen molar-refractivity contribution in [3.63, 3.8) is 0 Å². The van der Waals surface area contributed by atoms with Crippen LogP contribution in [-0.2, 0) is 9.53 Å². The largest absolute Gasteiger partial charge is 0.508 e. The van der Waals surface area contributed by atoms with Gasteiger partial charge in [-0.25, -0.2) is 0 Å². The van der Waals surface area contributed by atoms with Crippen LogP contribution in [0.25, 0.3) is 0 Å².